The lowest BCUT2D eigenvalue weighted by Gasteiger charge is -2.18. The van der Waals surface area contributed by atoms with Crippen LogP contribution in [0.3, 0.4) is 0 Å². The summed E-state index contributed by atoms with van der Waals surface area (Å²) in [7, 11) is 1.64. The molecule has 2 atom stereocenters. The second-order valence-corrected chi connectivity index (χ2v) is 5.92. The Balaban J connectivity index is 1.88. The zero-order valence-electron chi connectivity index (χ0n) is 14.4. The number of amides is 1. The number of nitrogens with zero attached hydrogens (tertiary/aromatic N) is 1. The van der Waals surface area contributed by atoms with Crippen LogP contribution in [0, 0.1) is 0 Å². The third-order valence-corrected chi connectivity index (χ3v) is 3.98. The predicted octanol–water partition coefficient (Wildman–Crippen LogP) is 2.30. The zero-order chi connectivity index (χ0) is 18.2. The summed E-state index contributed by atoms with van der Waals surface area (Å²) in [4.78, 5) is 10.6. The fourth-order valence-corrected chi connectivity index (χ4v) is 2.55. The first-order chi connectivity index (χ1) is 12.0. The molecule has 1 amide bonds. The van der Waals surface area contributed by atoms with Crippen LogP contribution in [0.1, 0.15) is 24.2 Å². The van der Waals surface area contributed by atoms with Gasteiger partial charge in [0.25, 0.3) is 0 Å². The topological polar surface area (TPSA) is 82.0 Å². The molecule has 3 N–H and O–H groups in total. The maximum atomic E-state index is 10.6. The van der Waals surface area contributed by atoms with Gasteiger partial charge >= 0.3 is 0 Å². The van der Waals surface area contributed by atoms with E-state index in [9.17, 15) is 15.1 Å². The normalized spacial score (nSPS) is 13.1. The van der Waals surface area contributed by atoms with Crippen molar-refractivity contribution < 1.29 is 19.8 Å². The smallest absolute Gasteiger partial charge is 0.237 e. The maximum Gasteiger partial charge on any atom is 0.237 e. The van der Waals surface area contributed by atoms with Gasteiger partial charge in [0.2, 0.25) is 6.41 Å². The van der Waals surface area contributed by atoms with Crippen molar-refractivity contribution in [3.8, 4) is 5.75 Å². The minimum atomic E-state index is -0.738. The van der Waals surface area contributed by atoms with Crippen LogP contribution in [0.15, 0.2) is 48.5 Å². The highest BCUT2D eigenvalue weighted by atomic mass is 16.5. The lowest BCUT2D eigenvalue weighted by atomic mass is 10.1. The average Bonchev–Trinajstić information content (AvgIpc) is 2.66. The van der Waals surface area contributed by atoms with Crippen molar-refractivity contribution in [2.24, 2.45) is 0 Å². The van der Waals surface area contributed by atoms with E-state index >= 15 is 0 Å². The van der Waals surface area contributed by atoms with Gasteiger partial charge < -0.3 is 15.2 Å². The largest absolute Gasteiger partial charge is 0.497 e. The van der Waals surface area contributed by atoms with E-state index in [2.05, 4.69) is 12.2 Å². The molecule has 0 spiro atoms. The second-order valence-electron chi connectivity index (χ2n) is 5.92. The number of aliphatic hydroxyl groups is 1. The Morgan fingerprint density at radius 3 is 2.60 bits per heavy atom. The number of aliphatic hydroxyl groups excluding tert-OH is 1. The lowest BCUT2D eigenvalue weighted by Crippen LogP contribution is -2.32. The molecule has 0 aromatic heterocycles. The van der Waals surface area contributed by atoms with Gasteiger partial charge in [0, 0.05) is 12.6 Å². The molecule has 6 heteroatoms. The molecule has 0 aliphatic rings. The number of carbonyl (C=O) groups excluding carboxylic acids is 1. The van der Waals surface area contributed by atoms with Crippen LogP contribution < -0.4 is 15.1 Å². The molecule has 2 unspecified atom stereocenters. The molecule has 0 heterocycles. The summed E-state index contributed by atoms with van der Waals surface area (Å²) in [6.45, 7) is 2.42. The van der Waals surface area contributed by atoms with Crippen LogP contribution in [0.25, 0.3) is 0 Å². The predicted molar refractivity (Wildman–Crippen MR) is 95.9 cm³/mol. The number of anilines is 1. The van der Waals surface area contributed by atoms with Gasteiger partial charge in [-0.2, -0.15) is 5.06 Å². The van der Waals surface area contributed by atoms with Crippen LogP contribution in [0.5, 0.6) is 5.75 Å². The highest BCUT2D eigenvalue weighted by molar-refractivity contribution is 5.71. The van der Waals surface area contributed by atoms with E-state index in [1.165, 1.54) is 5.56 Å². The first-order valence-corrected chi connectivity index (χ1v) is 8.11. The van der Waals surface area contributed by atoms with Gasteiger partial charge in [0.1, 0.15) is 5.75 Å². The molecule has 0 radical (unpaired) electrons. The third-order valence-electron chi connectivity index (χ3n) is 3.98. The molecular formula is C19H24N2O4. The minimum absolute atomic E-state index is 0.176. The monoisotopic (exact) mass is 344 g/mol. The van der Waals surface area contributed by atoms with E-state index in [-0.39, 0.29) is 6.04 Å². The minimum Gasteiger partial charge on any atom is -0.497 e. The SMILES string of the molecule is COc1ccc(CC(C)NCC(O)c2cccc(N(O)C=O)c2)cc1. The van der Waals surface area contributed by atoms with Crippen molar-refractivity contribution in [1.29, 1.82) is 0 Å². The first-order valence-electron chi connectivity index (χ1n) is 8.11. The molecule has 0 fully saturated rings. The van der Waals surface area contributed by atoms with E-state index < -0.39 is 6.10 Å². The Labute approximate surface area is 147 Å². The standard InChI is InChI=1S/C19H24N2O4/c1-14(10-15-6-8-18(25-2)9-7-15)20-12-19(23)16-4-3-5-17(11-16)21(24)13-22/h3-9,11,13-14,19-20,23-24H,10,12H2,1-2H3. The Hall–Kier alpha value is -2.41. The molecule has 2 rings (SSSR count). The molecule has 6 nitrogen and oxygen atoms in total. The van der Waals surface area contributed by atoms with Crippen molar-refractivity contribution >= 4 is 12.1 Å². The van der Waals surface area contributed by atoms with Gasteiger partial charge in [-0.25, -0.2) is 0 Å². The van der Waals surface area contributed by atoms with Crippen molar-refractivity contribution in [2.75, 3.05) is 18.7 Å². The number of nitrogens with one attached hydrogen (secondary N) is 1. The van der Waals surface area contributed by atoms with E-state index in [0.29, 0.717) is 29.3 Å². The van der Waals surface area contributed by atoms with Crippen molar-refractivity contribution in [3.05, 3.63) is 59.7 Å². The van der Waals surface area contributed by atoms with Gasteiger partial charge in [-0.3, -0.25) is 10.0 Å². The second kappa shape index (κ2) is 9.17. The number of hydrogen-bond acceptors (Lipinski definition) is 5. The van der Waals surface area contributed by atoms with E-state index in [4.69, 9.17) is 4.74 Å². The summed E-state index contributed by atoms with van der Waals surface area (Å²) >= 11 is 0. The Morgan fingerprint density at radius 2 is 1.96 bits per heavy atom. The van der Waals surface area contributed by atoms with Crippen LogP contribution in [0.4, 0.5) is 5.69 Å². The van der Waals surface area contributed by atoms with E-state index in [1.807, 2.05) is 24.3 Å². The number of methoxy groups -OCH3 is 1. The van der Waals surface area contributed by atoms with Gasteiger partial charge in [0.05, 0.1) is 18.9 Å². The molecule has 0 aliphatic heterocycles. The Kier molecular flexibility index (Phi) is 6.94. The molecule has 2 aromatic rings. The summed E-state index contributed by atoms with van der Waals surface area (Å²) in [6.07, 6.45) is 0.394. The first kappa shape index (κ1) is 18.9. The van der Waals surface area contributed by atoms with Gasteiger partial charge in [0.15, 0.2) is 0 Å². The number of hydrogen-bond donors (Lipinski definition) is 3. The summed E-state index contributed by atoms with van der Waals surface area (Å²) in [5, 5.41) is 23.5. The number of rotatable bonds is 9. The van der Waals surface area contributed by atoms with Crippen LogP contribution in [0.2, 0.25) is 0 Å². The number of benzene rings is 2. The van der Waals surface area contributed by atoms with Crippen molar-refractivity contribution in [2.45, 2.75) is 25.5 Å². The quantitative estimate of drug-likeness (QED) is 0.369. The maximum absolute atomic E-state index is 10.6. The summed E-state index contributed by atoms with van der Waals surface area (Å²) in [5.74, 6) is 0.827. The van der Waals surface area contributed by atoms with Crippen LogP contribution in [-0.4, -0.2) is 36.4 Å². The third kappa shape index (κ3) is 5.56. The Bertz CT molecular complexity index is 675. The number of ether oxygens (including phenoxy) is 1. The molecule has 134 valence electrons. The van der Waals surface area contributed by atoms with Crippen molar-refractivity contribution in [3.63, 3.8) is 0 Å². The molecule has 0 saturated heterocycles. The Morgan fingerprint density at radius 1 is 1.24 bits per heavy atom. The zero-order valence-corrected chi connectivity index (χ0v) is 14.4. The molecular weight excluding hydrogens is 320 g/mol. The van der Waals surface area contributed by atoms with Crippen LogP contribution >= 0.6 is 0 Å². The molecule has 0 bridgehead atoms. The van der Waals surface area contributed by atoms with Gasteiger partial charge in [-0.1, -0.05) is 24.3 Å². The number of hydroxylamine groups is 1. The van der Waals surface area contributed by atoms with Gasteiger partial charge in [-0.15, -0.1) is 0 Å². The highest BCUT2D eigenvalue weighted by Crippen LogP contribution is 2.19. The van der Waals surface area contributed by atoms with Crippen molar-refractivity contribution in [1.82, 2.24) is 5.32 Å². The van der Waals surface area contributed by atoms with E-state index in [1.54, 1.807) is 31.4 Å². The van der Waals surface area contributed by atoms with Crippen LogP contribution in [-0.2, 0) is 11.2 Å². The molecule has 2 aromatic carbocycles. The summed E-state index contributed by atoms with van der Waals surface area (Å²) < 4.78 is 5.14. The summed E-state index contributed by atoms with van der Waals surface area (Å²) in [5.41, 5.74) is 2.12. The molecule has 0 aliphatic carbocycles. The molecule has 25 heavy (non-hydrogen) atoms. The summed E-state index contributed by atoms with van der Waals surface area (Å²) in [6, 6.07) is 14.7. The average molecular weight is 344 g/mol. The molecule has 0 saturated carbocycles. The fraction of sp³-hybridized carbons (Fsp3) is 0.316. The lowest BCUT2D eigenvalue weighted by molar-refractivity contribution is -0.111. The van der Waals surface area contributed by atoms with E-state index in [0.717, 1.165) is 12.2 Å². The number of carbonyl (C=O) groups is 1. The fourth-order valence-electron chi connectivity index (χ4n) is 2.55. The highest BCUT2D eigenvalue weighted by Gasteiger charge is 2.12. The van der Waals surface area contributed by atoms with Gasteiger partial charge in [-0.05, 0) is 48.7 Å².